The summed E-state index contributed by atoms with van der Waals surface area (Å²) in [6.07, 6.45) is 5.64. The lowest BCUT2D eigenvalue weighted by Crippen LogP contribution is -1.85. The molecule has 72 valence electrons. The molecule has 0 spiro atoms. The fourth-order valence-corrected chi connectivity index (χ4v) is 1.68. The number of hydrogen-bond donors (Lipinski definition) is 0. The van der Waals surface area contributed by atoms with E-state index in [1.165, 1.54) is 5.56 Å². The van der Waals surface area contributed by atoms with E-state index in [1.807, 2.05) is 36.4 Å². The third-order valence-corrected chi connectivity index (χ3v) is 2.44. The van der Waals surface area contributed by atoms with Gasteiger partial charge < -0.3 is 0 Å². The molecule has 1 aliphatic rings. The summed E-state index contributed by atoms with van der Waals surface area (Å²) >= 11 is 0. The first-order chi connectivity index (χ1) is 7.36. The summed E-state index contributed by atoms with van der Waals surface area (Å²) in [7, 11) is 0. The Morgan fingerprint density at radius 1 is 1.00 bits per heavy atom. The van der Waals surface area contributed by atoms with Gasteiger partial charge in [-0.2, -0.15) is 0 Å². The second kappa shape index (κ2) is 4.00. The van der Waals surface area contributed by atoms with Gasteiger partial charge in [0.2, 0.25) is 0 Å². The molecule has 0 saturated carbocycles. The van der Waals surface area contributed by atoms with Crippen LogP contribution in [0.25, 0.3) is 5.57 Å². The number of rotatable bonds is 3. The van der Waals surface area contributed by atoms with Crippen molar-refractivity contribution in [3.63, 3.8) is 0 Å². The summed E-state index contributed by atoms with van der Waals surface area (Å²) in [5.74, 6) is 0. The first kappa shape index (κ1) is 9.51. The highest BCUT2D eigenvalue weighted by Crippen LogP contribution is 2.30. The predicted octanol–water partition coefficient (Wildman–Crippen LogP) is 3.91. The summed E-state index contributed by atoms with van der Waals surface area (Å²) in [5.41, 5.74) is 7.71. The van der Waals surface area contributed by atoms with Crippen molar-refractivity contribution in [2.75, 3.05) is 0 Å². The third kappa shape index (κ3) is 1.63. The molecule has 2 rings (SSSR count). The molecule has 0 fully saturated rings. The highest BCUT2D eigenvalue weighted by molar-refractivity contribution is 5.86. The lowest BCUT2D eigenvalue weighted by atomic mass is 9.98. The highest BCUT2D eigenvalue weighted by Gasteiger charge is 2.11. The van der Waals surface area contributed by atoms with E-state index in [0.717, 1.165) is 16.7 Å². The molecule has 0 saturated heterocycles. The van der Waals surface area contributed by atoms with Crippen LogP contribution < -0.4 is 0 Å². The molecule has 15 heavy (non-hydrogen) atoms. The molecular formula is C15H12. The van der Waals surface area contributed by atoms with Crippen molar-refractivity contribution in [1.29, 1.82) is 0 Å². The maximum atomic E-state index is 3.83. The standard InChI is InChI=1S/C15H12/c1-3-12-10-11-15(14(12)4-2)13-8-6-5-7-9-13/h3-10H,1-2H2. The minimum atomic E-state index is 1.09. The van der Waals surface area contributed by atoms with E-state index in [-0.39, 0.29) is 0 Å². The molecule has 0 aromatic heterocycles. The second-order valence-corrected chi connectivity index (χ2v) is 3.31. The molecule has 0 N–H and O–H groups in total. The molecular weight excluding hydrogens is 180 g/mol. The minimum absolute atomic E-state index is 1.09. The zero-order valence-electron chi connectivity index (χ0n) is 8.53. The Kier molecular flexibility index (Phi) is 2.53. The maximum Gasteiger partial charge on any atom is 0.0315 e. The maximum absolute atomic E-state index is 3.83. The van der Waals surface area contributed by atoms with Gasteiger partial charge in [0.15, 0.2) is 0 Å². The van der Waals surface area contributed by atoms with E-state index in [2.05, 4.69) is 31.0 Å². The molecule has 0 radical (unpaired) electrons. The molecule has 0 bridgehead atoms. The van der Waals surface area contributed by atoms with Crippen LogP contribution in [0.2, 0.25) is 0 Å². The zero-order valence-corrected chi connectivity index (χ0v) is 8.53. The van der Waals surface area contributed by atoms with Crippen LogP contribution in [0.3, 0.4) is 0 Å². The lowest BCUT2D eigenvalue weighted by molar-refractivity contribution is 1.57. The molecule has 1 aromatic carbocycles. The normalized spacial score (nSPS) is 14.0. The first-order valence-corrected chi connectivity index (χ1v) is 4.88. The van der Waals surface area contributed by atoms with E-state index in [1.54, 1.807) is 0 Å². The molecule has 1 aromatic rings. The molecule has 0 atom stereocenters. The average Bonchev–Trinajstić information content (AvgIpc) is 2.72. The fraction of sp³-hybridized carbons (Fsp3) is 0. The molecule has 0 amide bonds. The summed E-state index contributed by atoms with van der Waals surface area (Å²) < 4.78 is 0. The van der Waals surface area contributed by atoms with Crippen LogP contribution in [-0.2, 0) is 0 Å². The van der Waals surface area contributed by atoms with Crippen LogP contribution >= 0.6 is 0 Å². The smallest absolute Gasteiger partial charge is 0.0315 e. The van der Waals surface area contributed by atoms with E-state index >= 15 is 0 Å². The van der Waals surface area contributed by atoms with Gasteiger partial charge in [-0.3, -0.25) is 0 Å². The second-order valence-electron chi connectivity index (χ2n) is 3.31. The Bertz CT molecular complexity index is 492. The fourth-order valence-electron chi connectivity index (χ4n) is 1.68. The molecule has 0 aliphatic heterocycles. The molecule has 0 heterocycles. The van der Waals surface area contributed by atoms with Crippen LogP contribution in [0.15, 0.2) is 78.6 Å². The van der Waals surface area contributed by atoms with Crippen molar-refractivity contribution in [3.05, 3.63) is 84.2 Å². The van der Waals surface area contributed by atoms with Gasteiger partial charge in [-0.15, -0.1) is 5.73 Å². The number of benzene rings is 1. The Morgan fingerprint density at radius 3 is 2.33 bits per heavy atom. The van der Waals surface area contributed by atoms with Crippen LogP contribution in [0.5, 0.6) is 0 Å². The molecule has 0 nitrogen and oxygen atoms in total. The number of allylic oxidation sites excluding steroid dienone is 5. The van der Waals surface area contributed by atoms with Gasteiger partial charge in [-0.1, -0.05) is 55.6 Å². The quantitative estimate of drug-likeness (QED) is 0.637. The summed E-state index contributed by atoms with van der Waals surface area (Å²) in [6.45, 7) is 7.61. The SMILES string of the molecule is C=CC1=C(C=C)C(c2ccccc2)=C=C1. The first-order valence-electron chi connectivity index (χ1n) is 4.88. The van der Waals surface area contributed by atoms with Gasteiger partial charge in [0.1, 0.15) is 0 Å². The van der Waals surface area contributed by atoms with E-state index in [9.17, 15) is 0 Å². The van der Waals surface area contributed by atoms with Crippen LogP contribution in [0, 0.1) is 0 Å². The van der Waals surface area contributed by atoms with Crippen molar-refractivity contribution in [2.45, 2.75) is 0 Å². The van der Waals surface area contributed by atoms with E-state index in [0.29, 0.717) is 0 Å². The Morgan fingerprint density at radius 2 is 1.73 bits per heavy atom. The van der Waals surface area contributed by atoms with Gasteiger partial charge in [0.25, 0.3) is 0 Å². The van der Waals surface area contributed by atoms with Crippen molar-refractivity contribution in [1.82, 2.24) is 0 Å². The van der Waals surface area contributed by atoms with Crippen molar-refractivity contribution in [2.24, 2.45) is 0 Å². The number of hydrogen-bond acceptors (Lipinski definition) is 0. The summed E-state index contributed by atoms with van der Waals surface area (Å²) in [4.78, 5) is 0. The van der Waals surface area contributed by atoms with Gasteiger partial charge in [-0.05, 0) is 22.8 Å². The highest BCUT2D eigenvalue weighted by atomic mass is 14.1. The third-order valence-electron chi connectivity index (χ3n) is 2.44. The molecule has 0 unspecified atom stereocenters. The minimum Gasteiger partial charge on any atom is -0.111 e. The summed E-state index contributed by atoms with van der Waals surface area (Å²) in [5, 5.41) is 0. The van der Waals surface area contributed by atoms with Gasteiger partial charge in [0, 0.05) is 5.57 Å². The lowest BCUT2D eigenvalue weighted by Gasteiger charge is -2.04. The van der Waals surface area contributed by atoms with Gasteiger partial charge in [-0.25, -0.2) is 0 Å². The van der Waals surface area contributed by atoms with E-state index < -0.39 is 0 Å². The summed E-state index contributed by atoms with van der Waals surface area (Å²) in [6, 6.07) is 10.2. The Labute approximate surface area is 90.3 Å². The van der Waals surface area contributed by atoms with Crippen molar-refractivity contribution >= 4 is 5.57 Å². The largest absolute Gasteiger partial charge is 0.111 e. The van der Waals surface area contributed by atoms with Gasteiger partial charge >= 0.3 is 0 Å². The topological polar surface area (TPSA) is 0 Å². The predicted molar refractivity (Wildman–Crippen MR) is 65.4 cm³/mol. The van der Waals surface area contributed by atoms with E-state index in [4.69, 9.17) is 0 Å². The molecule has 1 aliphatic carbocycles. The van der Waals surface area contributed by atoms with Gasteiger partial charge in [0.05, 0.1) is 0 Å². The Hall–Kier alpha value is -2.04. The molecule has 0 heteroatoms. The van der Waals surface area contributed by atoms with Crippen molar-refractivity contribution in [3.8, 4) is 0 Å². The van der Waals surface area contributed by atoms with Crippen LogP contribution in [0.4, 0.5) is 0 Å². The van der Waals surface area contributed by atoms with Crippen LogP contribution in [-0.4, -0.2) is 0 Å². The average molecular weight is 192 g/mol. The van der Waals surface area contributed by atoms with Crippen LogP contribution in [0.1, 0.15) is 5.56 Å². The van der Waals surface area contributed by atoms with Crippen molar-refractivity contribution < 1.29 is 0 Å². The zero-order chi connectivity index (χ0) is 10.7. The monoisotopic (exact) mass is 192 g/mol. The Balaban J connectivity index is 2.51.